The van der Waals surface area contributed by atoms with Gasteiger partial charge in [0.05, 0.1) is 11.2 Å². The molecule has 0 unspecified atom stereocenters. The maximum Gasteiger partial charge on any atom is 0.133 e. The quantitative estimate of drug-likeness (QED) is 0.548. The van der Waals surface area contributed by atoms with Crippen molar-refractivity contribution >= 4 is 10.9 Å². The van der Waals surface area contributed by atoms with Gasteiger partial charge in [-0.15, -0.1) is 0 Å². The summed E-state index contributed by atoms with van der Waals surface area (Å²) in [5, 5.41) is 5.93. The predicted molar refractivity (Wildman–Crippen MR) is 99.1 cm³/mol. The summed E-state index contributed by atoms with van der Waals surface area (Å²) in [6.45, 7) is 4.57. The average Bonchev–Trinajstić information content (AvgIpc) is 3.00. The molecule has 4 aromatic rings. The first kappa shape index (κ1) is 15.4. The zero-order valence-corrected chi connectivity index (χ0v) is 14.3. The monoisotopic (exact) mass is 329 g/mol. The molecule has 4 rings (SSSR count). The van der Waals surface area contributed by atoms with Crippen LogP contribution in [-0.2, 0) is 6.61 Å². The molecule has 0 spiro atoms. The van der Waals surface area contributed by atoms with Crippen LogP contribution in [0.2, 0.25) is 0 Å². The standard InChI is InChI=1S/C21H19N3O/c1-15-7-8-20-18(13-15)19(14-25-21-6-4-3-5-16(21)2)23-24(20)17-9-11-22-12-10-17/h3-13H,14H2,1-2H3. The van der Waals surface area contributed by atoms with Crippen LogP contribution in [0.25, 0.3) is 16.6 Å². The Morgan fingerprint density at radius 3 is 2.56 bits per heavy atom. The molecule has 0 N–H and O–H groups in total. The smallest absolute Gasteiger partial charge is 0.133 e. The molecule has 0 radical (unpaired) electrons. The first-order valence-electron chi connectivity index (χ1n) is 8.29. The second-order valence-corrected chi connectivity index (χ2v) is 6.14. The van der Waals surface area contributed by atoms with Crippen LogP contribution < -0.4 is 4.74 Å². The Morgan fingerprint density at radius 2 is 1.76 bits per heavy atom. The minimum atomic E-state index is 0.433. The number of hydrogen-bond donors (Lipinski definition) is 0. The van der Waals surface area contributed by atoms with Gasteiger partial charge in [0.15, 0.2) is 0 Å². The molecule has 0 amide bonds. The Bertz CT molecular complexity index is 1020. The fraction of sp³-hybridized carbons (Fsp3) is 0.143. The summed E-state index contributed by atoms with van der Waals surface area (Å²) in [5.41, 5.74) is 5.32. The van der Waals surface area contributed by atoms with E-state index in [0.29, 0.717) is 6.61 Å². The molecular formula is C21H19N3O. The number of para-hydroxylation sites is 1. The van der Waals surface area contributed by atoms with Crippen LogP contribution in [0.1, 0.15) is 16.8 Å². The molecule has 2 heterocycles. The SMILES string of the molecule is Cc1ccc2c(c1)c(COc1ccccc1C)nn2-c1ccncc1. The van der Waals surface area contributed by atoms with E-state index in [4.69, 9.17) is 9.84 Å². The van der Waals surface area contributed by atoms with E-state index in [1.807, 2.05) is 48.0 Å². The number of hydrogen-bond acceptors (Lipinski definition) is 3. The van der Waals surface area contributed by atoms with Gasteiger partial charge in [-0.25, -0.2) is 4.68 Å². The number of fused-ring (bicyclic) bond motifs is 1. The van der Waals surface area contributed by atoms with Crippen molar-refractivity contribution < 1.29 is 4.74 Å². The molecule has 0 bridgehead atoms. The van der Waals surface area contributed by atoms with Crippen LogP contribution in [0.15, 0.2) is 67.0 Å². The summed E-state index contributed by atoms with van der Waals surface area (Å²) in [4.78, 5) is 4.09. The molecule has 25 heavy (non-hydrogen) atoms. The van der Waals surface area contributed by atoms with Gasteiger partial charge in [0.1, 0.15) is 18.1 Å². The maximum atomic E-state index is 6.03. The third-order valence-corrected chi connectivity index (χ3v) is 4.28. The lowest BCUT2D eigenvalue weighted by Crippen LogP contribution is -2.00. The lowest BCUT2D eigenvalue weighted by molar-refractivity contribution is 0.300. The summed E-state index contributed by atoms with van der Waals surface area (Å²) in [6.07, 6.45) is 3.56. The van der Waals surface area contributed by atoms with Crippen molar-refractivity contribution in [3.8, 4) is 11.4 Å². The van der Waals surface area contributed by atoms with Crippen molar-refractivity contribution in [3.05, 3.63) is 83.8 Å². The molecule has 0 aliphatic rings. The van der Waals surface area contributed by atoms with E-state index in [-0.39, 0.29) is 0 Å². The van der Waals surface area contributed by atoms with Gasteiger partial charge in [-0.3, -0.25) is 4.98 Å². The number of aromatic nitrogens is 3. The number of pyridine rings is 1. The highest BCUT2D eigenvalue weighted by molar-refractivity contribution is 5.84. The molecule has 0 atom stereocenters. The van der Waals surface area contributed by atoms with Crippen molar-refractivity contribution in [1.29, 1.82) is 0 Å². The molecule has 0 saturated heterocycles. The Labute approximate surface area is 146 Å². The molecule has 124 valence electrons. The van der Waals surface area contributed by atoms with E-state index in [9.17, 15) is 0 Å². The van der Waals surface area contributed by atoms with Crippen LogP contribution in [0, 0.1) is 13.8 Å². The number of aryl methyl sites for hydroxylation is 2. The Kier molecular flexibility index (Phi) is 3.94. The topological polar surface area (TPSA) is 39.9 Å². The Hall–Kier alpha value is -3.14. The largest absolute Gasteiger partial charge is 0.487 e. The summed E-state index contributed by atoms with van der Waals surface area (Å²) >= 11 is 0. The first-order chi connectivity index (χ1) is 12.2. The van der Waals surface area contributed by atoms with Gasteiger partial charge in [-0.05, 0) is 49.7 Å². The third-order valence-electron chi connectivity index (χ3n) is 4.28. The van der Waals surface area contributed by atoms with Crippen LogP contribution in [0.5, 0.6) is 5.75 Å². The minimum Gasteiger partial charge on any atom is -0.487 e. The van der Waals surface area contributed by atoms with E-state index in [2.05, 4.69) is 30.1 Å². The summed E-state index contributed by atoms with van der Waals surface area (Å²) in [6, 6.07) is 18.3. The zero-order chi connectivity index (χ0) is 17.2. The molecule has 0 fully saturated rings. The van der Waals surface area contributed by atoms with Crippen LogP contribution in [-0.4, -0.2) is 14.8 Å². The minimum absolute atomic E-state index is 0.433. The number of rotatable bonds is 4. The van der Waals surface area contributed by atoms with Crippen molar-refractivity contribution in [2.24, 2.45) is 0 Å². The molecule has 0 saturated carbocycles. The van der Waals surface area contributed by atoms with E-state index in [1.165, 1.54) is 5.56 Å². The van der Waals surface area contributed by atoms with Crippen molar-refractivity contribution in [2.45, 2.75) is 20.5 Å². The van der Waals surface area contributed by atoms with Gasteiger partial charge in [0.25, 0.3) is 0 Å². The first-order valence-corrected chi connectivity index (χ1v) is 8.29. The van der Waals surface area contributed by atoms with E-state index in [1.54, 1.807) is 12.4 Å². The average molecular weight is 329 g/mol. The fourth-order valence-electron chi connectivity index (χ4n) is 2.95. The van der Waals surface area contributed by atoms with Gasteiger partial charge >= 0.3 is 0 Å². The highest BCUT2D eigenvalue weighted by atomic mass is 16.5. The number of benzene rings is 2. The zero-order valence-electron chi connectivity index (χ0n) is 14.3. The molecule has 0 aliphatic heterocycles. The second kappa shape index (κ2) is 6.40. The highest BCUT2D eigenvalue weighted by Gasteiger charge is 2.13. The lowest BCUT2D eigenvalue weighted by atomic mass is 10.1. The van der Waals surface area contributed by atoms with Gasteiger partial charge < -0.3 is 4.74 Å². The molecule has 0 aliphatic carbocycles. The third kappa shape index (κ3) is 2.98. The van der Waals surface area contributed by atoms with Gasteiger partial charge in [0, 0.05) is 17.8 Å². The highest BCUT2D eigenvalue weighted by Crippen LogP contribution is 2.25. The normalized spacial score (nSPS) is 11.0. The van der Waals surface area contributed by atoms with Gasteiger partial charge in [-0.2, -0.15) is 5.10 Å². The molecule has 4 heteroatoms. The summed E-state index contributed by atoms with van der Waals surface area (Å²) < 4.78 is 7.98. The van der Waals surface area contributed by atoms with E-state index < -0.39 is 0 Å². The van der Waals surface area contributed by atoms with Crippen molar-refractivity contribution in [1.82, 2.24) is 14.8 Å². The fourth-order valence-corrected chi connectivity index (χ4v) is 2.95. The summed E-state index contributed by atoms with van der Waals surface area (Å²) in [5.74, 6) is 0.891. The van der Waals surface area contributed by atoms with Crippen LogP contribution in [0.3, 0.4) is 0 Å². The number of nitrogens with zero attached hydrogens (tertiary/aromatic N) is 3. The van der Waals surface area contributed by atoms with Crippen molar-refractivity contribution in [3.63, 3.8) is 0 Å². The maximum absolute atomic E-state index is 6.03. The van der Waals surface area contributed by atoms with Gasteiger partial charge in [-0.1, -0.05) is 29.8 Å². The molecule has 2 aromatic carbocycles. The molecule has 2 aromatic heterocycles. The Morgan fingerprint density at radius 1 is 0.960 bits per heavy atom. The number of ether oxygens (including phenoxy) is 1. The molecule has 4 nitrogen and oxygen atoms in total. The summed E-state index contributed by atoms with van der Waals surface area (Å²) in [7, 11) is 0. The van der Waals surface area contributed by atoms with Crippen molar-refractivity contribution in [2.75, 3.05) is 0 Å². The molecular weight excluding hydrogens is 310 g/mol. The second-order valence-electron chi connectivity index (χ2n) is 6.14. The van der Waals surface area contributed by atoms with Gasteiger partial charge in [0.2, 0.25) is 0 Å². The van der Waals surface area contributed by atoms with E-state index in [0.717, 1.165) is 33.6 Å². The van der Waals surface area contributed by atoms with Crippen LogP contribution in [0.4, 0.5) is 0 Å². The lowest BCUT2D eigenvalue weighted by Gasteiger charge is -2.07. The predicted octanol–water partition coefficient (Wildman–Crippen LogP) is 4.62. The Balaban J connectivity index is 1.76. The van der Waals surface area contributed by atoms with E-state index >= 15 is 0 Å². The van der Waals surface area contributed by atoms with Crippen LogP contribution >= 0.6 is 0 Å².